The first-order valence-electron chi connectivity index (χ1n) is 5.20. The van der Waals surface area contributed by atoms with Gasteiger partial charge in [0, 0.05) is 18.1 Å². The molecular formula is C12H17NO3. The third-order valence-corrected chi connectivity index (χ3v) is 2.26. The van der Waals surface area contributed by atoms with Crippen LogP contribution in [-0.4, -0.2) is 29.2 Å². The van der Waals surface area contributed by atoms with Crippen LogP contribution in [-0.2, 0) is 0 Å². The lowest BCUT2D eigenvalue weighted by Gasteiger charge is -2.13. The molecular weight excluding hydrogens is 206 g/mol. The minimum absolute atomic E-state index is 0.0828. The van der Waals surface area contributed by atoms with Crippen LogP contribution in [0.5, 0.6) is 5.75 Å². The van der Waals surface area contributed by atoms with E-state index in [1.807, 2.05) is 31.2 Å². The number of aliphatic hydroxyl groups excluding tert-OH is 1. The van der Waals surface area contributed by atoms with E-state index >= 15 is 0 Å². The molecule has 0 aliphatic heterocycles. The van der Waals surface area contributed by atoms with Crippen LogP contribution in [0.2, 0.25) is 0 Å². The Bertz CT molecular complexity index is 363. The van der Waals surface area contributed by atoms with Crippen molar-refractivity contribution in [2.75, 3.05) is 13.2 Å². The summed E-state index contributed by atoms with van der Waals surface area (Å²) in [4.78, 5) is 0. The Morgan fingerprint density at radius 1 is 1.44 bits per heavy atom. The third-order valence-electron chi connectivity index (χ3n) is 2.26. The van der Waals surface area contributed by atoms with Crippen molar-refractivity contribution in [3.8, 4) is 5.75 Å². The molecule has 16 heavy (non-hydrogen) atoms. The molecule has 1 aromatic rings. The standard InChI is InChI=1S/C12H17NO3/c1-9(7-14)8-16-12-6-4-3-5-11(12)10(2)13-15/h3-6,9,14-15H,7-8H2,1-2H3/b13-10+. The van der Waals surface area contributed by atoms with Crippen molar-refractivity contribution in [3.05, 3.63) is 29.8 Å². The van der Waals surface area contributed by atoms with Crippen molar-refractivity contribution in [1.29, 1.82) is 0 Å². The third kappa shape index (κ3) is 3.24. The number of hydrogen-bond donors (Lipinski definition) is 2. The number of benzene rings is 1. The Hall–Kier alpha value is -1.55. The summed E-state index contributed by atoms with van der Waals surface area (Å²) in [5, 5.41) is 20.8. The first-order chi connectivity index (χ1) is 7.69. The average Bonchev–Trinajstić information content (AvgIpc) is 2.35. The highest BCUT2D eigenvalue weighted by Crippen LogP contribution is 2.19. The predicted octanol–water partition coefficient (Wildman–Crippen LogP) is 1.89. The molecule has 0 heterocycles. The highest BCUT2D eigenvalue weighted by Gasteiger charge is 2.08. The molecule has 2 N–H and O–H groups in total. The van der Waals surface area contributed by atoms with Crippen molar-refractivity contribution in [2.45, 2.75) is 13.8 Å². The summed E-state index contributed by atoms with van der Waals surface area (Å²) in [5.41, 5.74) is 1.27. The summed E-state index contributed by atoms with van der Waals surface area (Å²) in [7, 11) is 0. The topological polar surface area (TPSA) is 62.1 Å². The SMILES string of the molecule is C/C(=N\O)c1ccccc1OCC(C)CO. The van der Waals surface area contributed by atoms with E-state index in [9.17, 15) is 0 Å². The van der Waals surface area contributed by atoms with E-state index in [-0.39, 0.29) is 12.5 Å². The Morgan fingerprint density at radius 2 is 2.12 bits per heavy atom. The van der Waals surface area contributed by atoms with Crippen LogP contribution >= 0.6 is 0 Å². The minimum Gasteiger partial charge on any atom is -0.493 e. The van der Waals surface area contributed by atoms with E-state index in [4.69, 9.17) is 15.1 Å². The van der Waals surface area contributed by atoms with Crippen molar-refractivity contribution in [3.63, 3.8) is 0 Å². The molecule has 0 saturated carbocycles. The first kappa shape index (κ1) is 12.5. The molecule has 0 bridgehead atoms. The number of hydrogen-bond acceptors (Lipinski definition) is 4. The fraction of sp³-hybridized carbons (Fsp3) is 0.417. The molecule has 0 aromatic heterocycles. The van der Waals surface area contributed by atoms with Gasteiger partial charge in [0.05, 0.1) is 12.3 Å². The molecule has 0 saturated heterocycles. The summed E-state index contributed by atoms with van der Waals surface area (Å²) in [6.07, 6.45) is 0. The number of ether oxygens (including phenoxy) is 1. The summed E-state index contributed by atoms with van der Waals surface area (Å²) < 4.78 is 5.56. The van der Waals surface area contributed by atoms with Crippen LogP contribution in [0.3, 0.4) is 0 Å². The van der Waals surface area contributed by atoms with Gasteiger partial charge < -0.3 is 15.1 Å². The summed E-state index contributed by atoms with van der Waals surface area (Å²) in [5.74, 6) is 0.748. The van der Waals surface area contributed by atoms with Gasteiger partial charge in [-0.15, -0.1) is 0 Å². The van der Waals surface area contributed by atoms with Crippen molar-refractivity contribution in [2.24, 2.45) is 11.1 Å². The van der Waals surface area contributed by atoms with Crippen LogP contribution in [0.1, 0.15) is 19.4 Å². The van der Waals surface area contributed by atoms with Crippen LogP contribution in [0.25, 0.3) is 0 Å². The second-order valence-electron chi connectivity index (χ2n) is 3.78. The quantitative estimate of drug-likeness (QED) is 0.455. The molecule has 1 rings (SSSR count). The molecule has 4 heteroatoms. The number of oxime groups is 1. The van der Waals surface area contributed by atoms with Gasteiger partial charge in [0.1, 0.15) is 5.75 Å². The molecule has 1 atom stereocenters. The minimum atomic E-state index is 0.0828. The van der Waals surface area contributed by atoms with Gasteiger partial charge in [0.25, 0.3) is 0 Å². The lowest BCUT2D eigenvalue weighted by atomic mass is 10.1. The highest BCUT2D eigenvalue weighted by atomic mass is 16.5. The average molecular weight is 223 g/mol. The Kier molecular flexibility index (Phi) is 4.79. The summed E-state index contributed by atoms with van der Waals surface area (Å²) >= 11 is 0. The van der Waals surface area contributed by atoms with Gasteiger partial charge in [-0.25, -0.2) is 0 Å². The normalized spacial score (nSPS) is 13.6. The van der Waals surface area contributed by atoms with Crippen molar-refractivity contribution < 1.29 is 15.1 Å². The maximum absolute atomic E-state index is 8.89. The molecule has 0 aliphatic rings. The molecule has 0 radical (unpaired) electrons. The first-order valence-corrected chi connectivity index (χ1v) is 5.20. The van der Waals surface area contributed by atoms with Gasteiger partial charge in [-0.05, 0) is 19.1 Å². The summed E-state index contributed by atoms with van der Waals surface area (Å²) in [6, 6.07) is 7.35. The zero-order chi connectivity index (χ0) is 12.0. The van der Waals surface area contributed by atoms with E-state index in [2.05, 4.69) is 5.16 Å². The van der Waals surface area contributed by atoms with Gasteiger partial charge in [-0.1, -0.05) is 24.2 Å². The lowest BCUT2D eigenvalue weighted by molar-refractivity contribution is 0.174. The number of para-hydroxylation sites is 1. The molecule has 4 nitrogen and oxygen atoms in total. The van der Waals surface area contributed by atoms with E-state index in [1.54, 1.807) is 6.92 Å². The smallest absolute Gasteiger partial charge is 0.128 e. The maximum atomic E-state index is 8.89. The van der Waals surface area contributed by atoms with Crippen LogP contribution in [0, 0.1) is 5.92 Å². The monoisotopic (exact) mass is 223 g/mol. The largest absolute Gasteiger partial charge is 0.493 e. The Morgan fingerprint density at radius 3 is 2.75 bits per heavy atom. The second-order valence-corrected chi connectivity index (χ2v) is 3.78. The molecule has 1 unspecified atom stereocenters. The van der Waals surface area contributed by atoms with Gasteiger partial charge in [-0.2, -0.15) is 0 Å². The van der Waals surface area contributed by atoms with E-state index in [0.717, 1.165) is 5.56 Å². The van der Waals surface area contributed by atoms with Gasteiger partial charge in [0.2, 0.25) is 0 Å². The molecule has 1 aromatic carbocycles. The van der Waals surface area contributed by atoms with E-state index < -0.39 is 0 Å². The van der Waals surface area contributed by atoms with Crippen LogP contribution in [0.4, 0.5) is 0 Å². The lowest BCUT2D eigenvalue weighted by Crippen LogP contribution is -2.13. The van der Waals surface area contributed by atoms with Crippen LogP contribution < -0.4 is 4.74 Å². The zero-order valence-corrected chi connectivity index (χ0v) is 9.55. The molecule has 0 amide bonds. The predicted molar refractivity (Wildman–Crippen MR) is 62.2 cm³/mol. The second kappa shape index (κ2) is 6.12. The molecule has 0 spiro atoms. The van der Waals surface area contributed by atoms with Crippen LogP contribution in [0.15, 0.2) is 29.4 Å². The van der Waals surface area contributed by atoms with Crippen molar-refractivity contribution >= 4 is 5.71 Å². The van der Waals surface area contributed by atoms with Crippen molar-refractivity contribution in [1.82, 2.24) is 0 Å². The number of rotatable bonds is 5. The summed E-state index contributed by atoms with van der Waals surface area (Å²) in [6.45, 7) is 4.13. The molecule has 0 fully saturated rings. The maximum Gasteiger partial charge on any atom is 0.128 e. The fourth-order valence-electron chi connectivity index (χ4n) is 1.23. The van der Waals surface area contributed by atoms with Gasteiger partial charge in [-0.3, -0.25) is 0 Å². The molecule has 0 aliphatic carbocycles. The number of nitrogens with zero attached hydrogens (tertiary/aromatic N) is 1. The Labute approximate surface area is 95.2 Å². The Balaban J connectivity index is 2.79. The van der Waals surface area contributed by atoms with Gasteiger partial charge in [0.15, 0.2) is 0 Å². The molecule has 88 valence electrons. The van der Waals surface area contributed by atoms with Gasteiger partial charge >= 0.3 is 0 Å². The zero-order valence-electron chi connectivity index (χ0n) is 9.55. The fourth-order valence-corrected chi connectivity index (χ4v) is 1.23. The van der Waals surface area contributed by atoms with E-state index in [0.29, 0.717) is 18.1 Å². The van der Waals surface area contributed by atoms with E-state index in [1.165, 1.54) is 0 Å². The highest BCUT2D eigenvalue weighted by molar-refractivity contribution is 6.00. The number of aliphatic hydroxyl groups is 1.